The third-order valence-corrected chi connectivity index (χ3v) is 7.16. The van der Waals surface area contributed by atoms with Crippen LogP contribution >= 0.6 is 11.8 Å². The van der Waals surface area contributed by atoms with Gasteiger partial charge >= 0.3 is 5.97 Å². The van der Waals surface area contributed by atoms with Gasteiger partial charge in [0.05, 0.1) is 10.8 Å². The van der Waals surface area contributed by atoms with Gasteiger partial charge in [0.15, 0.2) is 9.84 Å². The summed E-state index contributed by atoms with van der Waals surface area (Å²) in [5.74, 6) is 0.241. The van der Waals surface area contributed by atoms with Crippen molar-refractivity contribution in [1.82, 2.24) is 0 Å². The lowest BCUT2D eigenvalue weighted by Gasteiger charge is -2.07. The molecule has 1 aliphatic heterocycles. The topological polar surface area (TPSA) is 77.5 Å². The van der Waals surface area contributed by atoms with E-state index < -0.39 is 9.84 Å². The Morgan fingerprint density at radius 2 is 2.12 bits per heavy atom. The number of rotatable bonds is 5. The van der Waals surface area contributed by atoms with Crippen LogP contribution in [0.4, 0.5) is 0 Å². The van der Waals surface area contributed by atoms with Gasteiger partial charge in [0, 0.05) is 17.6 Å². The lowest BCUT2D eigenvalue weighted by molar-refractivity contribution is -0.147. The maximum Gasteiger partial charge on any atom is 0.310 e. The van der Waals surface area contributed by atoms with Crippen LogP contribution in [-0.4, -0.2) is 31.5 Å². The largest absolute Gasteiger partial charge is 0.461 e. The van der Waals surface area contributed by atoms with E-state index in [1.165, 1.54) is 23.9 Å². The molecule has 0 amide bonds. The Hall–Kier alpha value is -1.60. The third kappa shape index (κ3) is 3.88. The Bertz CT molecular complexity index is 883. The van der Waals surface area contributed by atoms with E-state index in [9.17, 15) is 18.0 Å². The molecular formula is C19H22O5S2. The summed E-state index contributed by atoms with van der Waals surface area (Å²) < 4.78 is 28.7. The van der Waals surface area contributed by atoms with Gasteiger partial charge in [-0.2, -0.15) is 0 Å². The van der Waals surface area contributed by atoms with Crippen LogP contribution in [0, 0.1) is 17.3 Å². The third-order valence-electron chi connectivity index (χ3n) is 5.12. The summed E-state index contributed by atoms with van der Waals surface area (Å²) in [5.41, 5.74) is 1.22. The number of carbonyl (C=O) groups is 2. The average molecular weight is 395 g/mol. The minimum atomic E-state index is -3.30. The molecule has 7 heteroatoms. The molecule has 0 spiro atoms. The first-order chi connectivity index (χ1) is 12.1. The molecule has 0 aromatic heterocycles. The van der Waals surface area contributed by atoms with E-state index in [1.54, 1.807) is 12.1 Å². The summed E-state index contributed by atoms with van der Waals surface area (Å²) >= 11 is 1.32. The summed E-state index contributed by atoms with van der Waals surface area (Å²) in [6, 6.07) is 6.41. The molecule has 140 valence electrons. The van der Waals surface area contributed by atoms with Crippen LogP contribution in [0.5, 0.6) is 0 Å². The highest BCUT2D eigenvalue weighted by Gasteiger charge is 2.61. The van der Waals surface area contributed by atoms with Crippen molar-refractivity contribution in [2.75, 3.05) is 12.0 Å². The Balaban J connectivity index is 1.65. The van der Waals surface area contributed by atoms with Gasteiger partial charge in [0.1, 0.15) is 6.61 Å². The summed E-state index contributed by atoms with van der Waals surface area (Å²) in [5, 5.41) is 0.109. The van der Waals surface area contributed by atoms with Crippen molar-refractivity contribution < 1.29 is 22.7 Å². The number of allylic oxidation sites excluding steroid dienone is 1. The molecule has 2 atom stereocenters. The lowest BCUT2D eigenvalue weighted by atomic mass is 10.1. The molecule has 1 saturated carbocycles. The summed E-state index contributed by atoms with van der Waals surface area (Å²) in [4.78, 5) is 24.5. The number of ether oxygens (including phenoxy) is 1. The van der Waals surface area contributed by atoms with Crippen LogP contribution in [0.2, 0.25) is 0 Å². The van der Waals surface area contributed by atoms with Gasteiger partial charge in [0.25, 0.3) is 0 Å². The molecule has 5 nitrogen and oxygen atoms in total. The summed E-state index contributed by atoms with van der Waals surface area (Å²) in [7, 11) is -3.30. The zero-order valence-corrected chi connectivity index (χ0v) is 16.7. The molecule has 1 heterocycles. The quantitative estimate of drug-likeness (QED) is 0.564. The van der Waals surface area contributed by atoms with Crippen LogP contribution in [0.1, 0.15) is 25.8 Å². The molecule has 0 bridgehead atoms. The van der Waals surface area contributed by atoms with Gasteiger partial charge in [-0.1, -0.05) is 43.8 Å². The zero-order valence-electron chi connectivity index (χ0n) is 15.0. The second-order valence-corrected chi connectivity index (χ2v) is 10.5. The number of esters is 1. The van der Waals surface area contributed by atoms with E-state index in [-0.39, 0.29) is 39.8 Å². The van der Waals surface area contributed by atoms with Gasteiger partial charge in [0.2, 0.25) is 5.12 Å². The van der Waals surface area contributed by atoms with E-state index >= 15 is 0 Å². The lowest BCUT2D eigenvalue weighted by Crippen LogP contribution is -2.11. The highest BCUT2D eigenvalue weighted by atomic mass is 32.2. The van der Waals surface area contributed by atoms with Gasteiger partial charge in [-0.25, -0.2) is 8.42 Å². The molecule has 1 aromatic rings. The predicted octanol–water partition coefficient (Wildman–Crippen LogP) is 3.00. The molecule has 1 aliphatic carbocycles. The van der Waals surface area contributed by atoms with E-state index in [0.29, 0.717) is 5.56 Å². The highest BCUT2D eigenvalue weighted by molar-refractivity contribution is 8.14. The highest BCUT2D eigenvalue weighted by Crippen LogP contribution is 2.60. The van der Waals surface area contributed by atoms with E-state index in [4.69, 9.17) is 4.74 Å². The first-order valence-electron chi connectivity index (χ1n) is 8.44. The maximum atomic E-state index is 12.5. The predicted molar refractivity (Wildman–Crippen MR) is 100 cm³/mol. The Morgan fingerprint density at radius 3 is 2.73 bits per heavy atom. The van der Waals surface area contributed by atoms with Crippen LogP contribution in [-0.2, 0) is 30.8 Å². The second-order valence-electron chi connectivity index (χ2n) is 7.43. The molecule has 1 aromatic carbocycles. The summed E-state index contributed by atoms with van der Waals surface area (Å²) in [6.45, 7) is 4.03. The van der Waals surface area contributed by atoms with Crippen LogP contribution < -0.4 is 0 Å². The van der Waals surface area contributed by atoms with Crippen molar-refractivity contribution in [3.05, 3.63) is 41.5 Å². The molecule has 1 saturated heterocycles. The normalized spacial score (nSPS) is 26.1. The second kappa shape index (κ2) is 6.85. The van der Waals surface area contributed by atoms with E-state index in [2.05, 4.69) is 0 Å². The Kier molecular flexibility index (Phi) is 5.05. The van der Waals surface area contributed by atoms with Crippen LogP contribution in [0.3, 0.4) is 0 Å². The smallest absolute Gasteiger partial charge is 0.310 e. The fourth-order valence-corrected chi connectivity index (χ4v) is 4.92. The van der Waals surface area contributed by atoms with Gasteiger partial charge in [-0.15, -0.1) is 0 Å². The first kappa shape index (κ1) is 19.2. The zero-order chi connectivity index (χ0) is 19.1. The van der Waals surface area contributed by atoms with Gasteiger partial charge in [-0.05, 0) is 35.4 Å². The average Bonchev–Trinajstić information content (AvgIpc) is 2.86. The van der Waals surface area contributed by atoms with Gasteiger partial charge in [-0.3, -0.25) is 9.59 Å². The molecule has 3 rings (SSSR count). The Labute approximate surface area is 158 Å². The summed E-state index contributed by atoms with van der Waals surface area (Å²) in [6.07, 6.45) is 3.85. The fraction of sp³-hybridized carbons (Fsp3) is 0.474. The van der Waals surface area contributed by atoms with Crippen molar-refractivity contribution in [1.29, 1.82) is 0 Å². The minimum absolute atomic E-state index is 0.00926. The number of sulfone groups is 1. The van der Waals surface area contributed by atoms with Crippen LogP contribution in [0.15, 0.2) is 40.8 Å². The molecular weight excluding hydrogens is 372 g/mol. The standard InChI is InChI=1S/C19H22O5S2/c1-19(2)15(10-13-7-8-25-18(13)21)16(19)17(20)24-11-12-5-4-6-14(9-12)26(3,22)23/h4-6,9-10,15-16H,7-8,11H2,1-3H3/b13-10+/t15-,16-/m0/s1. The van der Waals surface area contributed by atoms with Crippen molar-refractivity contribution in [3.63, 3.8) is 0 Å². The fourth-order valence-electron chi connectivity index (χ4n) is 3.37. The molecule has 0 N–H and O–H groups in total. The minimum Gasteiger partial charge on any atom is -0.461 e. The first-order valence-corrected chi connectivity index (χ1v) is 11.3. The molecule has 0 radical (unpaired) electrons. The van der Waals surface area contributed by atoms with Crippen molar-refractivity contribution in [2.45, 2.75) is 31.8 Å². The molecule has 2 aliphatic rings. The van der Waals surface area contributed by atoms with Crippen molar-refractivity contribution in [3.8, 4) is 0 Å². The van der Waals surface area contributed by atoms with Crippen molar-refractivity contribution >= 4 is 32.7 Å². The molecule has 0 unspecified atom stereocenters. The van der Waals surface area contributed by atoms with Crippen LogP contribution in [0.25, 0.3) is 0 Å². The monoisotopic (exact) mass is 394 g/mol. The molecule has 2 fully saturated rings. The maximum absolute atomic E-state index is 12.5. The van der Waals surface area contributed by atoms with Gasteiger partial charge < -0.3 is 4.74 Å². The Morgan fingerprint density at radius 1 is 1.38 bits per heavy atom. The van der Waals surface area contributed by atoms with E-state index in [0.717, 1.165) is 24.0 Å². The number of hydrogen-bond acceptors (Lipinski definition) is 6. The number of benzene rings is 1. The number of thioether (sulfide) groups is 1. The number of carbonyl (C=O) groups excluding carboxylic acids is 2. The SMILES string of the molecule is CC1(C)[C@H](C(=O)OCc2cccc(S(C)(=O)=O)c2)[C@@H]1/C=C1\CCSC1=O. The number of hydrogen-bond donors (Lipinski definition) is 0. The molecule has 26 heavy (non-hydrogen) atoms. The van der Waals surface area contributed by atoms with Crippen molar-refractivity contribution in [2.24, 2.45) is 17.3 Å². The van der Waals surface area contributed by atoms with E-state index in [1.807, 2.05) is 19.9 Å².